The number of quaternary nitrogens is 2. The molecule has 0 aliphatic heterocycles. The lowest BCUT2D eigenvalue weighted by atomic mass is 10.1. The minimum atomic E-state index is -0.439. The molecule has 2 aromatic heterocycles. The van der Waals surface area contributed by atoms with Crippen LogP contribution in [0.1, 0.15) is 51.9 Å². The molecule has 0 unspecified atom stereocenters. The molecule has 2 heterocycles. The van der Waals surface area contributed by atoms with Crippen molar-refractivity contribution >= 4 is 70.0 Å². The van der Waals surface area contributed by atoms with E-state index in [2.05, 4.69) is 63.5 Å². The molecule has 0 aliphatic rings. The first-order valence-electron chi connectivity index (χ1n) is 20.1. The number of amides is 2. The summed E-state index contributed by atoms with van der Waals surface area (Å²) in [6.07, 6.45) is 3.79. The summed E-state index contributed by atoms with van der Waals surface area (Å²) in [5.74, 6) is -0.102. The molecule has 63 heavy (non-hydrogen) atoms. The van der Waals surface area contributed by atoms with Crippen LogP contribution in [0.4, 0.5) is 23.3 Å². The molecule has 0 saturated heterocycles. The second-order valence-electron chi connectivity index (χ2n) is 15.9. The van der Waals surface area contributed by atoms with E-state index in [1.807, 2.05) is 48.5 Å². The number of nitrogen functional groups attached to an aromatic ring is 4. The van der Waals surface area contributed by atoms with Crippen molar-refractivity contribution in [2.45, 2.75) is 32.6 Å². The molecule has 0 bridgehead atoms. The molecule has 4 aromatic rings. The smallest absolute Gasteiger partial charge is 0.343 e. The van der Waals surface area contributed by atoms with Gasteiger partial charge in [-0.2, -0.15) is 0 Å². The first kappa shape index (κ1) is 51.3. The highest BCUT2D eigenvalue weighted by Gasteiger charge is 2.20. The number of ether oxygens (including phenoxy) is 3. The monoisotopic (exact) mass is 914 g/mol. The Balaban J connectivity index is 0.000000335. The summed E-state index contributed by atoms with van der Waals surface area (Å²) in [7, 11) is 9.75. The Bertz CT molecular complexity index is 2160. The number of benzene rings is 2. The van der Waals surface area contributed by atoms with Crippen molar-refractivity contribution in [1.82, 2.24) is 30.6 Å². The highest BCUT2D eigenvalue weighted by molar-refractivity contribution is 6.32. The summed E-state index contributed by atoms with van der Waals surface area (Å²) in [5.41, 5.74) is 24.8. The van der Waals surface area contributed by atoms with Gasteiger partial charge in [0.25, 0.3) is 11.8 Å². The highest BCUT2D eigenvalue weighted by Crippen LogP contribution is 2.19. The van der Waals surface area contributed by atoms with E-state index in [-0.39, 0.29) is 64.0 Å². The van der Waals surface area contributed by atoms with E-state index in [0.717, 1.165) is 60.8 Å². The zero-order valence-electron chi connectivity index (χ0n) is 36.7. The molecule has 0 saturated carbocycles. The summed E-state index contributed by atoms with van der Waals surface area (Å²) < 4.78 is 16.7. The second kappa shape index (κ2) is 24.6. The Hall–Kier alpha value is -6.02. The number of aromatic nitrogens is 4. The number of ketones is 1. The summed E-state index contributed by atoms with van der Waals surface area (Å²) in [5, 5.41) is 5.50. The Morgan fingerprint density at radius 1 is 0.587 bits per heavy atom. The number of nitrogens with two attached hydrogens (primary N) is 4. The van der Waals surface area contributed by atoms with E-state index in [0.29, 0.717) is 24.6 Å². The predicted octanol–water partition coefficient (Wildman–Crippen LogP) is 2.99. The zero-order valence-corrected chi connectivity index (χ0v) is 38.2. The number of anilines is 4. The van der Waals surface area contributed by atoms with Gasteiger partial charge in [-0.1, -0.05) is 47.5 Å². The number of rotatable bonds is 22. The van der Waals surface area contributed by atoms with E-state index < -0.39 is 17.8 Å². The lowest BCUT2D eigenvalue weighted by Gasteiger charge is -2.30. The molecule has 0 fully saturated rings. The predicted molar refractivity (Wildman–Crippen MR) is 243 cm³/mol. The fourth-order valence-corrected chi connectivity index (χ4v) is 6.12. The van der Waals surface area contributed by atoms with Gasteiger partial charge in [0.05, 0.1) is 74.6 Å². The molecule has 21 heteroatoms. The van der Waals surface area contributed by atoms with Gasteiger partial charge >= 0.3 is 5.97 Å². The van der Waals surface area contributed by atoms with Crippen LogP contribution in [0.2, 0.25) is 10.3 Å². The molecule has 2 aromatic carbocycles. The second-order valence-corrected chi connectivity index (χ2v) is 16.6. The molecule has 19 nitrogen and oxygen atoms in total. The standard InChI is InChI=1S/C21H29ClN6O4.C21H29ClN6O3/c1-28(2,12-10-25-21(30)17-19(23)27-20(24)18(22)26-17)11-4-5-14-6-8-15(9-7-14)32-13-16(29)31-3;1-14(29)13-31-16-8-6-15(7-9-16)5-4-11-28(2,3)12-10-25-21(30)17-19(23)27-20(24)18(22)26-17/h6-9H,4-5,10-13H2,1-3H3,(H4-,23,24,25,27,30);6-9H,4-5,10-13H2,1-3H3,(H4-,23,24,25,27,30)/p+2. The summed E-state index contributed by atoms with van der Waals surface area (Å²) >= 11 is 11.6. The van der Waals surface area contributed by atoms with Gasteiger partial charge in [0.2, 0.25) is 0 Å². The van der Waals surface area contributed by atoms with E-state index >= 15 is 0 Å². The molecular weight excluding hydrogens is 855 g/mol. The summed E-state index contributed by atoms with van der Waals surface area (Å²) in [4.78, 5) is 62.1. The number of carbonyl (C=O) groups excluding carboxylic acids is 4. The molecule has 2 amide bonds. The van der Waals surface area contributed by atoms with Crippen molar-refractivity contribution < 1.29 is 42.4 Å². The largest absolute Gasteiger partial charge is 0.486 e. The number of esters is 1. The number of methoxy groups -OCH3 is 1. The maximum atomic E-state index is 12.3. The SMILES string of the molecule is CC(=O)COc1ccc(CCC[N+](C)(C)CCNC(=O)c2nc(Cl)c(N)nc2N)cc1.COC(=O)COc1ccc(CCC[N+](C)(C)CCNC(=O)c2nc(Cl)c(N)nc2N)cc1. The third kappa shape index (κ3) is 18.5. The van der Waals surface area contributed by atoms with Crippen molar-refractivity contribution in [3.63, 3.8) is 0 Å². The van der Waals surface area contributed by atoms with Crippen LogP contribution in [0, 0.1) is 0 Å². The quantitative estimate of drug-likeness (QED) is 0.0489. The van der Waals surface area contributed by atoms with Gasteiger partial charge in [0, 0.05) is 12.8 Å². The number of nitrogens with zero attached hydrogens (tertiary/aromatic N) is 6. The molecule has 342 valence electrons. The lowest BCUT2D eigenvalue weighted by molar-refractivity contribution is -0.889. The normalized spacial score (nSPS) is 11.2. The van der Waals surface area contributed by atoms with E-state index in [9.17, 15) is 19.2 Å². The van der Waals surface area contributed by atoms with Crippen LogP contribution in [0.3, 0.4) is 0 Å². The number of hydrogen-bond acceptors (Lipinski definition) is 15. The fraction of sp³-hybridized carbons (Fsp3) is 0.429. The van der Waals surface area contributed by atoms with E-state index in [1.54, 1.807) is 0 Å². The fourth-order valence-electron chi connectivity index (χ4n) is 5.87. The first-order valence-corrected chi connectivity index (χ1v) is 20.8. The molecule has 0 atom stereocenters. The summed E-state index contributed by atoms with van der Waals surface area (Å²) in [6.45, 7) is 5.70. The Kier molecular flexibility index (Phi) is 20.0. The van der Waals surface area contributed by atoms with Gasteiger partial charge in [-0.15, -0.1) is 0 Å². The van der Waals surface area contributed by atoms with Crippen molar-refractivity contribution in [2.75, 3.05) is 111 Å². The topological polar surface area (TPSA) is 276 Å². The molecule has 0 spiro atoms. The number of aryl methyl sites for hydroxylation is 2. The number of carbonyl (C=O) groups is 4. The third-order valence-corrected chi connectivity index (χ3v) is 10.1. The first-order chi connectivity index (χ1) is 29.7. The lowest BCUT2D eigenvalue weighted by Crippen LogP contribution is -2.46. The number of hydrogen-bond donors (Lipinski definition) is 6. The van der Waals surface area contributed by atoms with Crippen molar-refractivity contribution in [3.8, 4) is 11.5 Å². The van der Waals surface area contributed by atoms with Gasteiger partial charge in [-0.25, -0.2) is 24.7 Å². The van der Waals surface area contributed by atoms with E-state index in [4.69, 9.17) is 55.6 Å². The Morgan fingerprint density at radius 3 is 1.33 bits per heavy atom. The maximum absolute atomic E-state index is 12.3. The molecule has 10 N–H and O–H groups in total. The Morgan fingerprint density at radius 2 is 0.968 bits per heavy atom. The third-order valence-electron chi connectivity index (χ3n) is 9.58. The average molecular weight is 916 g/mol. The van der Waals surface area contributed by atoms with Crippen LogP contribution in [0.5, 0.6) is 11.5 Å². The van der Waals surface area contributed by atoms with Crippen molar-refractivity contribution in [2.24, 2.45) is 0 Å². The minimum absolute atomic E-state index is 0.00562. The van der Waals surface area contributed by atoms with Crippen LogP contribution in [0.25, 0.3) is 0 Å². The molecular formula is C42H60Cl2N12O7+2. The van der Waals surface area contributed by atoms with Gasteiger partial charge in [-0.05, 0) is 55.2 Å². The number of likely N-dealkylation sites (N-methyl/N-ethyl adjacent to an activating group) is 2. The molecule has 4 rings (SSSR count). The Labute approximate surface area is 378 Å². The minimum Gasteiger partial charge on any atom is -0.486 e. The van der Waals surface area contributed by atoms with Gasteiger partial charge in [0.1, 0.15) is 18.1 Å². The van der Waals surface area contributed by atoms with Crippen LogP contribution in [-0.4, -0.2) is 140 Å². The van der Waals surface area contributed by atoms with Crippen LogP contribution >= 0.6 is 23.2 Å². The van der Waals surface area contributed by atoms with Gasteiger partial charge < -0.3 is 56.7 Å². The number of halogens is 2. The van der Waals surface area contributed by atoms with Crippen molar-refractivity contribution in [3.05, 3.63) is 81.4 Å². The molecule has 0 aliphatic carbocycles. The average Bonchev–Trinajstić information content (AvgIpc) is 3.22. The van der Waals surface area contributed by atoms with E-state index in [1.165, 1.54) is 25.2 Å². The maximum Gasteiger partial charge on any atom is 0.343 e. The molecule has 0 radical (unpaired) electrons. The van der Waals surface area contributed by atoms with Gasteiger partial charge in [-0.3, -0.25) is 14.4 Å². The highest BCUT2D eigenvalue weighted by atomic mass is 35.5. The van der Waals surface area contributed by atoms with Gasteiger partial charge in [0.15, 0.2) is 57.4 Å². The van der Waals surface area contributed by atoms with Crippen LogP contribution < -0.4 is 43.0 Å². The van der Waals surface area contributed by atoms with Crippen LogP contribution in [-0.2, 0) is 27.2 Å². The number of nitrogens with one attached hydrogen (secondary N) is 2. The van der Waals surface area contributed by atoms with Crippen LogP contribution in [0.15, 0.2) is 48.5 Å². The van der Waals surface area contributed by atoms with Crippen molar-refractivity contribution in [1.29, 1.82) is 0 Å². The summed E-state index contributed by atoms with van der Waals surface area (Å²) in [6, 6.07) is 15.4. The number of Topliss-reactive ketones (excluding diaryl/α,β-unsaturated/α-hetero) is 1. The zero-order chi connectivity index (χ0) is 46.7.